The first-order valence-corrected chi connectivity index (χ1v) is 14.4. The van der Waals surface area contributed by atoms with Crippen LogP contribution in [-0.2, 0) is 30.4 Å². The Balaban J connectivity index is 0.00000705. The SMILES string of the molecule is CC(C)(C)NC(=O)[C@@H]1CCCN1C(=O)[C@@H](O)[C@H](Cc1ccccc1)NC(=O)[C@H](CC(N)=O)NC(=O)COc1ccc(N)cc1.Cl. The van der Waals surface area contributed by atoms with E-state index in [0.29, 0.717) is 29.8 Å². The molecule has 246 valence electrons. The number of hydrogen-bond donors (Lipinski definition) is 6. The van der Waals surface area contributed by atoms with Crippen LogP contribution in [0.25, 0.3) is 0 Å². The minimum atomic E-state index is -1.74. The molecule has 0 bridgehead atoms. The van der Waals surface area contributed by atoms with Crippen molar-refractivity contribution >= 4 is 47.6 Å². The molecular weight excluding hydrogens is 604 g/mol. The molecule has 1 saturated heterocycles. The highest BCUT2D eigenvalue weighted by molar-refractivity contribution is 5.93. The lowest BCUT2D eigenvalue weighted by Crippen LogP contribution is -2.59. The zero-order valence-corrected chi connectivity index (χ0v) is 26.5. The largest absolute Gasteiger partial charge is 0.484 e. The molecule has 1 aliphatic rings. The van der Waals surface area contributed by atoms with Gasteiger partial charge in [0, 0.05) is 17.8 Å². The van der Waals surface area contributed by atoms with E-state index >= 15 is 0 Å². The summed E-state index contributed by atoms with van der Waals surface area (Å²) in [6.07, 6.45) is -1.23. The molecule has 0 aliphatic carbocycles. The monoisotopic (exact) mass is 646 g/mol. The van der Waals surface area contributed by atoms with Crippen molar-refractivity contribution < 1.29 is 33.8 Å². The number of likely N-dealkylation sites (tertiary alicyclic amines) is 1. The zero-order chi connectivity index (χ0) is 32.4. The van der Waals surface area contributed by atoms with Gasteiger partial charge < -0.3 is 42.2 Å². The van der Waals surface area contributed by atoms with Gasteiger partial charge in [-0.2, -0.15) is 0 Å². The highest BCUT2D eigenvalue weighted by atomic mass is 35.5. The number of anilines is 1. The van der Waals surface area contributed by atoms with E-state index in [1.165, 1.54) is 4.90 Å². The van der Waals surface area contributed by atoms with E-state index in [-0.39, 0.29) is 31.3 Å². The van der Waals surface area contributed by atoms with Gasteiger partial charge in [-0.05, 0) is 69.9 Å². The third-order valence-corrected chi connectivity index (χ3v) is 6.90. The highest BCUT2D eigenvalue weighted by Gasteiger charge is 2.40. The Hall–Kier alpha value is -4.36. The molecule has 2 aromatic carbocycles. The molecule has 0 unspecified atom stereocenters. The number of rotatable bonds is 13. The second-order valence-corrected chi connectivity index (χ2v) is 11.8. The lowest BCUT2D eigenvalue weighted by molar-refractivity contribution is -0.147. The predicted molar refractivity (Wildman–Crippen MR) is 170 cm³/mol. The van der Waals surface area contributed by atoms with E-state index in [1.54, 1.807) is 54.6 Å². The van der Waals surface area contributed by atoms with Gasteiger partial charge in [-0.25, -0.2) is 0 Å². The number of nitrogens with zero attached hydrogens (tertiary/aromatic N) is 1. The van der Waals surface area contributed by atoms with Crippen LogP contribution in [0.1, 0.15) is 45.6 Å². The van der Waals surface area contributed by atoms with Crippen molar-refractivity contribution in [1.29, 1.82) is 0 Å². The fourth-order valence-electron chi connectivity index (χ4n) is 4.85. The van der Waals surface area contributed by atoms with Crippen molar-refractivity contribution in [3.05, 3.63) is 60.2 Å². The third-order valence-electron chi connectivity index (χ3n) is 6.90. The molecular formula is C31H43ClN6O7. The summed E-state index contributed by atoms with van der Waals surface area (Å²) in [5.41, 5.74) is 11.7. The molecule has 2 aromatic rings. The summed E-state index contributed by atoms with van der Waals surface area (Å²) in [5.74, 6) is -3.07. The van der Waals surface area contributed by atoms with Gasteiger partial charge in [-0.15, -0.1) is 12.4 Å². The average Bonchev–Trinajstić information content (AvgIpc) is 3.45. The molecule has 1 heterocycles. The van der Waals surface area contributed by atoms with Crippen LogP contribution >= 0.6 is 12.4 Å². The van der Waals surface area contributed by atoms with Crippen LogP contribution in [0.15, 0.2) is 54.6 Å². The van der Waals surface area contributed by atoms with Gasteiger partial charge in [0.1, 0.15) is 17.8 Å². The number of nitrogens with one attached hydrogen (secondary N) is 3. The Morgan fingerprint density at radius 1 is 1.02 bits per heavy atom. The van der Waals surface area contributed by atoms with E-state index in [1.807, 2.05) is 20.8 Å². The molecule has 0 radical (unpaired) electrons. The molecule has 5 amide bonds. The fourth-order valence-corrected chi connectivity index (χ4v) is 4.85. The lowest BCUT2D eigenvalue weighted by Gasteiger charge is -2.32. The number of amides is 5. The van der Waals surface area contributed by atoms with Crippen molar-refractivity contribution in [3.63, 3.8) is 0 Å². The molecule has 14 heteroatoms. The first-order chi connectivity index (χ1) is 20.7. The maximum absolute atomic E-state index is 13.6. The number of carbonyl (C=O) groups is 5. The maximum Gasteiger partial charge on any atom is 0.258 e. The number of halogens is 1. The normalized spacial score (nSPS) is 16.4. The van der Waals surface area contributed by atoms with Crippen LogP contribution in [0.5, 0.6) is 5.75 Å². The van der Waals surface area contributed by atoms with Gasteiger partial charge in [-0.3, -0.25) is 24.0 Å². The van der Waals surface area contributed by atoms with Crippen molar-refractivity contribution in [2.24, 2.45) is 5.73 Å². The summed E-state index contributed by atoms with van der Waals surface area (Å²) in [4.78, 5) is 65.7. The van der Waals surface area contributed by atoms with Gasteiger partial charge in [-0.1, -0.05) is 30.3 Å². The minimum absolute atomic E-state index is 0. The summed E-state index contributed by atoms with van der Waals surface area (Å²) in [5, 5.41) is 19.2. The lowest BCUT2D eigenvalue weighted by atomic mass is 9.99. The number of nitrogen functional groups attached to an aromatic ring is 1. The summed E-state index contributed by atoms with van der Waals surface area (Å²) < 4.78 is 5.42. The van der Waals surface area contributed by atoms with Gasteiger partial charge in [0.2, 0.25) is 17.7 Å². The quantitative estimate of drug-likeness (QED) is 0.168. The Morgan fingerprint density at radius 2 is 1.67 bits per heavy atom. The Kier molecular flexibility index (Phi) is 13.6. The van der Waals surface area contributed by atoms with E-state index in [4.69, 9.17) is 16.2 Å². The number of ether oxygens (including phenoxy) is 1. The summed E-state index contributed by atoms with van der Waals surface area (Å²) in [7, 11) is 0. The molecule has 1 fully saturated rings. The summed E-state index contributed by atoms with van der Waals surface area (Å²) in [6.45, 7) is 5.29. The molecule has 3 rings (SSSR count). The Labute approximate surface area is 268 Å². The van der Waals surface area contributed by atoms with Crippen molar-refractivity contribution in [2.75, 3.05) is 18.9 Å². The second kappa shape index (κ2) is 16.6. The van der Waals surface area contributed by atoms with Crippen LogP contribution < -0.4 is 32.2 Å². The van der Waals surface area contributed by atoms with Crippen molar-refractivity contribution in [1.82, 2.24) is 20.9 Å². The Morgan fingerprint density at radius 3 is 2.27 bits per heavy atom. The number of carbonyl (C=O) groups excluding carboxylic acids is 5. The van der Waals surface area contributed by atoms with E-state index < -0.39 is 66.4 Å². The topological polar surface area (TPSA) is 206 Å². The van der Waals surface area contributed by atoms with E-state index in [0.717, 1.165) is 0 Å². The molecule has 1 aliphatic heterocycles. The van der Waals surface area contributed by atoms with E-state index in [2.05, 4.69) is 16.0 Å². The highest BCUT2D eigenvalue weighted by Crippen LogP contribution is 2.21. The maximum atomic E-state index is 13.6. The number of aliphatic hydroxyl groups excluding tert-OH is 1. The number of aliphatic hydroxyl groups is 1. The standard InChI is InChI=1S/C31H42N6O7.ClH/c1-31(2,3)36-29(42)24-10-7-15-37(24)30(43)27(40)22(16-19-8-5-4-6-9-19)35-28(41)23(17-25(33)38)34-26(39)18-44-21-13-11-20(32)12-14-21;/h4-6,8-9,11-14,22-24,27,40H,7,10,15-18,32H2,1-3H3,(H2,33,38)(H,34,39)(H,35,41)(H,36,42);1H/t22-,23-,24-,27-;/m0./s1. The van der Waals surface area contributed by atoms with Gasteiger partial charge in [0.05, 0.1) is 12.5 Å². The van der Waals surface area contributed by atoms with Crippen LogP contribution in [0.2, 0.25) is 0 Å². The molecule has 13 nitrogen and oxygen atoms in total. The zero-order valence-electron chi connectivity index (χ0n) is 25.7. The van der Waals surface area contributed by atoms with E-state index in [9.17, 15) is 29.1 Å². The summed E-state index contributed by atoms with van der Waals surface area (Å²) in [6, 6.07) is 11.9. The Bertz CT molecular complexity index is 1320. The smallest absolute Gasteiger partial charge is 0.258 e. The molecule has 45 heavy (non-hydrogen) atoms. The number of benzene rings is 2. The van der Waals surface area contributed by atoms with Crippen molar-refractivity contribution in [3.8, 4) is 5.75 Å². The third kappa shape index (κ3) is 11.6. The van der Waals surface area contributed by atoms with Crippen LogP contribution in [0.3, 0.4) is 0 Å². The molecule has 8 N–H and O–H groups in total. The van der Waals surface area contributed by atoms with Gasteiger partial charge in [0.15, 0.2) is 12.7 Å². The second-order valence-electron chi connectivity index (χ2n) is 11.8. The fraction of sp³-hybridized carbons (Fsp3) is 0.452. The average molecular weight is 647 g/mol. The molecule has 0 saturated carbocycles. The van der Waals surface area contributed by atoms with Crippen LogP contribution in [-0.4, -0.2) is 82.5 Å². The van der Waals surface area contributed by atoms with Gasteiger partial charge in [0.25, 0.3) is 11.8 Å². The summed E-state index contributed by atoms with van der Waals surface area (Å²) >= 11 is 0. The van der Waals surface area contributed by atoms with Crippen LogP contribution in [0.4, 0.5) is 5.69 Å². The van der Waals surface area contributed by atoms with Crippen molar-refractivity contribution in [2.45, 2.75) is 76.2 Å². The molecule has 4 atom stereocenters. The number of nitrogens with two attached hydrogens (primary N) is 2. The number of hydrogen-bond acceptors (Lipinski definition) is 8. The minimum Gasteiger partial charge on any atom is -0.484 e. The first kappa shape index (κ1) is 36.8. The first-order valence-electron chi connectivity index (χ1n) is 14.4. The van der Waals surface area contributed by atoms with Crippen LogP contribution in [0, 0.1) is 0 Å². The molecule has 0 spiro atoms. The van der Waals surface area contributed by atoms with Gasteiger partial charge >= 0.3 is 0 Å². The predicted octanol–water partition coefficient (Wildman–Crippen LogP) is 0.424. The number of primary amides is 1. The molecule has 0 aromatic heterocycles.